The number of benzene rings is 2. The summed E-state index contributed by atoms with van der Waals surface area (Å²) >= 11 is 14.3. The maximum atomic E-state index is 11.6. The number of thioether (sulfide) groups is 1. The predicted octanol–water partition coefficient (Wildman–Crippen LogP) is 6.33. The Kier molecular flexibility index (Phi) is 4.95. The van der Waals surface area contributed by atoms with Gasteiger partial charge in [0.25, 0.3) is 0 Å². The molecule has 0 bridgehead atoms. The average Bonchev–Trinajstić information content (AvgIpc) is 2.86. The normalized spacial score (nSPS) is 15.0. The van der Waals surface area contributed by atoms with E-state index >= 15 is 0 Å². The van der Waals surface area contributed by atoms with Gasteiger partial charge >= 0.3 is 0 Å². The molecule has 0 aliphatic carbocycles. The number of ketones is 1. The van der Waals surface area contributed by atoms with Crippen molar-refractivity contribution in [2.45, 2.75) is 25.7 Å². The zero-order valence-electron chi connectivity index (χ0n) is 13.7. The molecule has 2 aromatic rings. The van der Waals surface area contributed by atoms with Crippen molar-refractivity contribution < 1.29 is 4.79 Å². The first kappa shape index (κ1) is 17.4. The van der Waals surface area contributed by atoms with E-state index in [1.807, 2.05) is 12.1 Å². The summed E-state index contributed by atoms with van der Waals surface area (Å²) < 4.78 is 0. The molecular formula is C19H17Cl2NOS. The Balaban J connectivity index is 2.27. The molecule has 0 saturated heterocycles. The first-order valence-electron chi connectivity index (χ1n) is 7.69. The molecule has 2 nitrogen and oxygen atoms in total. The smallest absolute Gasteiger partial charge is 0.155 e. The molecule has 0 atom stereocenters. The minimum absolute atomic E-state index is 0.0443. The number of hydrogen-bond acceptors (Lipinski definition) is 3. The van der Waals surface area contributed by atoms with E-state index in [4.69, 9.17) is 23.2 Å². The number of rotatable bonds is 3. The lowest BCUT2D eigenvalue weighted by atomic mass is 9.97. The van der Waals surface area contributed by atoms with Crippen molar-refractivity contribution in [3.05, 3.63) is 57.0 Å². The van der Waals surface area contributed by atoms with Crippen molar-refractivity contribution >= 4 is 46.4 Å². The molecule has 0 spiro atoms. The van der Waals surface area contributed by atoms with Crippen molar-refractivity contribution in [1.82, 2.24) is 0 Å². The minimum atomic E-state index is 0.0443. The van der Waals surface area contributed by atoms with Crippen LogP contribution in [0.3, 0.4) is 0 Å². The Morgan fingerprint density at radius 2 is 2.00 bits per heavy atom. The summed E-state index contributed by atoms with van der Waals surface area (Å²) in [6.45, 7) is 6.49. The van der Waals surface area contributed by atoms with Gasteiger partial charge in [0.05, 0.1) is 10.7 Å². The second-order valence-corrected chi connectivity index (χ2v) is 7.57. The van der Waals surface area contributed by atoms with Gasteiger partial charge in [-0.25, -0.2) is 0 Å². The minimum Gasteiger partial charge on any atom is -0.335 e. The second-order valence-electron chi connectivity index (χ2n) is 5.67. The molecule has 1 aliphatic heterocycles. The predicted molar refractivity (Wildman–Crippen MR) is 104 cm³/mol. The largest absolute Gasteiger partial charge is 0.335 e. The Bertz CT molecular complexity index is 861. The van der Waals surface area contributed by atoms with Gasteiger partial charge in [0.1, 0.15) is 0 Å². The molecular weight excluding hydrogens is 361 g/mol. The number of halogens is 2. The van der Waals surface area contributed by atoms with Gasteiger partial charge in [-0.2, -0.15) is 0 Å². The van der Waals surface area contributed by atoms with Crippen molar-refractivity contribution in [2.75, 3.05) is 11.4 Å². The van der Waals surface area contributed by atoms with Gasteiger partial charge in [-0.05, 0) is 50.6 Å². The highest BCUT2D eigenvalue weighted by Gasteiger charge is 2.29. The van der Waals surface area contributed by atoms with Gasteiger partial charge in [0, 0.05) is 38.7 Å². The topological polar surface area (TPSA) is 20.3 Å². The van der Waals surface area contributed by atoms with Crippen LogP contribution in [0.25, 0.3) is 11.1 Å². The van der Waals surface area contributed by atoms with E-state index in [0.29, 0.717) is 10.0 Å². The molecule has 0 aromatic heterocycles. The third-order valence-corrected chi connectivity index (χ3v) is 5.60. The number of nitrogens with zero attached hydrogens (tertiary/aromatic N) is 1. The molecule has 0 unspecified atom stereocenters. The number of anilines is 1. The van der Waals surface area contributed by atoms with Crippen LogP contribution in [0.4, 0.5) is 5.69 Å². The van der Waals surface area contributed by atoms with Gasteiger partial charge in [-0.3, -0.25) is 4.79 Å². The lowest BCUT2D eigenvalue weighted by molar-refractivity contribution is -0.112. The molecule has 124 valence electrons. The van der Waals surface area contributed by atoms with Crippen LogP contribution in [-0.2, 0) is 4.79 Å². The monoisotopic (exact) mass is 377 g/mol. The maximum absolute atomic E-state index is 11.6. The summed E-state index contributed by atoms with van der Waals surface area (Å²) in [5.74, 6) is 0.0443. The Hall–Kier alpha value is -1.42. The SMILES string of the molecule is CCN1/C(=C/C(C)=O)Sc2ccc(C)c(-c3cc(Cl)ccc3Cl)c21. The number of aryl methyl sites for hydroxylation is 1. The van der Waals surface area contributed by atoms with Crippen LogP contribution in [0, 0.1) is 6.92 Å². The van der Waals surface area contributed by atoms with Crippen molar-refractivity contribution in [1.29, 1.82) is 0 Å². The van der Waals surface area contributed by atoms with Crippen LogP contribution in [-0.4, -0.2) is 12.3 Å². The summed E-state index contributed by atoms with van der Waals surface area (Å²) in [7, 11) is 0. The lowest BCUT2D eigenvalue weighted by Gasteiger charge is -2.23. The quantitative estimate of drug-likeness (QED) is 0.582. The summed E-state index contributed by atoms with van der Waals surface area (Å²) in [4.78, 5) is 14.9. The van der Waals surface area contributed by atoms with E-state index in [2.05, 4.69) is 30.9 Å². The van der Waals surface area contributed by atoms with Crippen LogP contribution < -0.4 is 4.90 Å². The standard InChI is InChI=1S/C19H17Cl2NOS/c1-4-22-17(9-12(3)23)24-16-8-5-11(2)18(19(16)22)14-10-13(20)6-7-15(14)21/h5-10H,4H2,1-3H3/b17-9-. The molecule has 2 aromatic carbocycles. The number of hydrogen-bond donors (Lipinski definition) is 0. The third kappa shape index (κ3) is 3.08. The van der Waals surface area contributed by atoms with E-state index < -0.39 is 0 Å². The van der Waals surface area contributed by atoms with Gasteiger partial charge < -0.3 is 4.90 Å². The molecule has 0 radical (unpaired) electrons. The molecule has 0 N–H and O–H groups in total. The van der Waals surface area contributed by atoms with Crippen LogP contribution >= 0.6 is 35.0 Å². The highest BCUT2D eigenvalue weighted by Crippen LogP contribution is 2.52. The molecule has 3 rings (SSSR count). The molecule has 1 heterocycles. The van der Waals surface area contributed by atoms with Crippen LogP contribution in [0.15, 0.2) is 46.3 Å². The van der Waals surface area contributed by atoms with Crippen LogP contribution in [0.1, 0.15) is 19.4 Å². The highest BCUT2D eigenvalue weighted by atomic mass is 35.5. The zero-order chi connectivity index (χ0) is 17.4. The average molecular weight is 378 g/mol. The van der Waals surface area contributed by atoms with E-state index in [1.165, 1.54) is 0 Å². The van der Waals surface area contributed by atoms with E-state index in [-0.39, 0.29) is 5.78 Å². The molecule has 24 heavy (non-hydrogen) atoms. The molecule has 0 amide bonds. The Morgan fingerprint density at radius 1 is 1.25 bits per heavy atom. The maximum Gasteiger partial charge on any atom is 0.155 e. The second kappa shape index (κ2) is 6.83. The van der Waals surface area contributed by atoms with E-state index in [0.717, 1.165) is 38.8 Å². The molecule has 0 saturated carbocycles. The molecule has 5 heteroatoms. The van der Waals surface area contributed by atoms with Gasteiger partial charge in [0.2, 0.25) is 0 Å². The molecule has 0 fully saturated rings. The first-order chi connectivity index (χ1) is 11.4. The summed E-state index contributed by atoms with van der Waals surface area (Å²) in [5, 5.41) is 2.27. The van der Waals surface area contributed by atoms with Gasteiger partial charge in [0.15, 0.2) is 5.78 Å². The number of fused-ring (bicyclic) bond motifs is 1. The third-order valence-electron chi connectivity index (χ3n) is 3.94. The Labute approximate surface area is 156 Å². The van der Waals surface area contributed by atoms with Crippen molar-refractivity contribution in [2.24, 2.45) is 0 Å². The first-order valence-corrected chi connectivity index (χ1v) is 9.26. The highest BCUT2D eigenvalue weighted by molar-refractivity contribution is 8.03. The lowest BCUT2D eigenvalue weighted by Crippen LogP contribution is -2.18. The number of carbonyl (C=O) groups is 1. The van der Waals surface area contributed by atoms with Crippen molar-refractivity contribution in [3.63, 3.8) is 0 Å². The fourth-order valence-corrected chi connectivity index (χ4v) is 4.54. The van der Waals surface area contributed by atoms with Crippen molar-refractivity contribution in [3.8, 4) is 11.1 Å². The summed E-state index contributed by atoms with van der Waals surface area (Å²) in [5.41, 5.74) is 4.21. The summed E-state index contributed by atoms with van der Waals surface area (Å²) in [6, 6.07) is 9.70. The van der Waals surface area contributed by atoms with Crippen LogP contribution in [0.2, 0.25) is 10.0 Å². The van der Waals surface area contributed by atoms with Gasteiger partial charge in [-0.15, -0.1) is 0 Å². The zero-order valence-corrected chi connectivity index (χ0v) is 16.0. The van der Waals surface area contributed by atoms with E-state index in [9.17, 15) is 4.79 Å². The van der Waals surface area contributed by atoms with Gasteiger partial charge in [-0.1, -0.05) is 41.0 Å². The number of allylic oxidation sites excluding steroid dienone is 1. The molecule has 1 aliphatic rings. The summed E-state index contributed by atoms with van der Waals surface area (Å²) in [6.07, 6.45) is 1.69. The fourth-order valence-electron chi connectivity index (χ4n) is 2.93. The number of carbonyl (C=O) groups excluding carboxylic acids is 1. The fraction of sp³-hybridized carbons (Fsp3) is 0.211. The van der Waals surface area contributed by atoms with Crippen LogP contribution in [0.5, 0.6) is 0 Å². The Morgan fingerprint density at radius 3 is 2.67 bits per heavy atom. The van der Waals surface area contributed by atoms with E-state index in [1.54, 1.807) is 30.8 Å².